The van der Waals surface area contributed by atoms with Gasteiger partial charge in [-0.1, -0.05) is 50.1 Å². The first kappa shape index (κ1) is 30.8. The number of nitrogens with zero attached hydrogens (tertiary/aromatic N) is 5. The lowest BCUT2D eigenvalue weighted by molar-refractivity contribution is -0.121. The van der Waals surface area contributed by atoms with Gasteiger partial charge in [0.25, 0.3) is 5.91 Å². The van der Waals surface area contributed by atoms with Gasteiger partial charge in [0.15, 0.2) is 5.82 Å². The lowest BCUT2D eigenvalue weighted by atomic mass is 10.0. The van der Waals surface area contributed by atoms with Crippen LogP contribution in [0.15, 0.2) is 54.7 Å². The van der Waals surface area contributed by atoms with E-state index in [1.54, 1.807) is 30.3 Å². The molecule has 0 bridgehead atoms. The molecule has 10 nitrogen and oxygen atoms in total. The van der Waals surface area contributed by atoms with Gasteiger partial charge in [0.05, 0.1) is 24.9 Å². The van der Waals surface area contributed by atoms with Crippen molar-refractivity contribution in [3.63, 3.8) is 0 Å². The van der Waals surface area contributed by atoms with E-state index >= 15 is 0 Å². The molecule has 10 heteroatoms. The molecule has 2 N–H and O–H groups in total. The zero-order valence-corrected chi connectivity index (χ0v) is 26.7. The second kappa shape index (κ2) is 13.9. The Kier molecular flexibility index (Phi) is 9.49. The van der Waals surface area contributed by atoms with E-state index in [9.17, 15) is 9.59 Å². The van der Waals surface area contributed by atoms with Crippen LogP contribution in [0.25, 0.3) is 0 Å². The Balaban J connectivity index is 1.13. The summed E-state index contributed by atoms with van der Waals surface area (Å²) in [5.41, 5.74) is 3.26. The number of benzene rings is 2. The van der Waals surface area contributed by atoms with Gasteiger partial charge in [-0.15, -0.1) is 0 Å². The molecule has 1 aliphatic carbocycles. The number of nitrogens with one attached hydrogen (secondary N) is 2. The maximum atomic E-state index is 13.2. The normalized spacial score (nSPS) is 19.7. The second-order valence-electron chi connectivity index (χ2n) is 12.5. The molecule has 2 aromatic carbocycles. The van der Waals surface area contributed by atoms with Crippen LogP contribution in [0.2, 0.25) is 0 Å². The van der Waals surface area contributed by atoms with E-state index in [1.807, 2.05) is 19.2 Å². The molecule has 2 fully saturated rings. The molecule has 6 rings (SSSR count). The molecule has 0 spiro atoms. The number of methoxy groups -OCH3 is 1. The standard InChI is InChI=1S/C35H45N7O3/c1-4-25-23-42(28-12-8-9-13-28)32-30(40(2)34(25)44)21-36-35(39-32)38-29-15-14-26(20-31(29)45-3)33(43)37-27-16-18-41(19-17-27)22-24-10-6-5-7-11-24/h5-7,10-11,14-15,20-21,25,27-28H,4,8-9,12-13,16-19,22-23H2,1-3H3,(H,37,43)(H,36,38,39). The Morgan fingerprint density at radius 3 is 2.51 bits per heavy atom. The number of carbonyl (C=O) groups excluding carboxylic acids is 2. The van der Waals surface area contributed by atoms with Crippen LogP contribution in [0.5, 0.6) is 5.75 Å². The van der Waals surface area contributed by atoms with Crippen molar-refractivity contribution >= 4 is 35.0 Å². The first-order chi connectivity index (χ1) is 21.9. The Bertz CT molecular complexity index is 1490. The number of amides is 2. The molecule has 3 aromatic rings. The van der Waals surface area contributed by atoms with Gasteiger partial charge in [-0.2, -0.15) is 4.98 Å². The quantitative estimate of drug-likeness (QED) is 0.333. The van der Waals surface area contributed by atoms with E-state index in [0.717, 1.165) is 63.2 Å². The minimum Gasteiger partial charge on any atom is -0.495 e. The summed E-state index contributed by atoms with van der Waals surface area (Å²) in [5.74, 6) is 1.66. The average molecular weight is 612 g/mol. The number of hydrogen-bond acceptors (Lipinski definition) is 8. The number of fused-ring (bicyclic) bond motifs is 1. The number of carbonyl (C=O) groups is 2. The fourth-order valence-corrected chi connectivity index (χ4v) is 6.91. The predicted molar refractivity (Wildman–Crippen MR) is 177 cm³/mol. The molecule has 45 heavy (non-hydrogen) atoms. The number of aromatic nitrogens is 2. The second-order valence-corrected chi connectivity index (χ2v) is 12.5. The van der Waals surface area contributed by atoms with E-state index in [4.69, 9.17) is 9.72 Å². The predicted octanol–water partition coefficient (Wildman–Crippen LogP) is 5.37. The topological polar surface area (TPSA) is 103 Å². The van der Waals surface area contributed by atoms with Crippen molar-refractivity contribution < 1.29 is 14.3 Å². The Labute approximate surface area is 266 Å². The van der Waals surface area contributed by atoms with Crippen molar-refractivity contribution in [3.05, 3.63) is 65.9 Å². The van der Waals surface area contributed by atoms with E-state index in [1.165, 1.54) is 18.4 Å². The molecule has 238 valence electrons. The third kappa shape index (κ3) is 6.91. The van der Waals surface area contributed by atoms with Crippen molar-refractivity contribution in [2.75, 3.05) is 48.9 Å². The first-order valence-electron chi connectivity index (χ1n) is 16.4. The smallest absolute Gasteiger partial charge is 0.251 e. The Hall–Kier alpha value is -4.18. The summed E-state index contributed by atoms with van der Waals surface area (Å²) >= 11 is 0. The summed E-state index contributed by atoms with van der Waals surface area (Å²) in [4.78, 5) is 42.5. The van der Waals surface area contributed by atoms with Crippen molar-refractivity contribution in [3.8, 4) is 5.75 Å². The molecule has 2 amide bonds. The summed E-state index contributed by atoms with van der Waals surface area (Å²) in [7, 11) is 3.41. The van der Waals surface area contributed by atoms with Crippen LogP contribution in [-0.2, 0) is 11.3 Å². The molecule has 2 aliphatic heterocycles. The highest BCUT2D eigenvalue weighted by Gasteiger charge is 2.36. The summed E-state index contributed by atoms with van der Waals surface area (Å²) in [6.45, 7) is 5.58. The number of ether oxygens (including phenoxy) is 1. The number of piperidine rings is 1. The van der Waals surface area contributed by atoms with Crippen LogP contribution < -0.4 is 25.2 Å². The van der Waals surface area contributed by atoms with Gasteiger partial charge in [0.2, 0.25) is 11.9 Å². The van der Waals surface area contributed by atoms with E-state index in [-0.39, 0.29) is 23.8 Å². The molecule has 0 radical (unpaired) electrons. The third-order valence-electron chi connectivity index (χ3n) is 9.62. The van der Waals surface area contributed by atoms with Gasteiger partial charge in [0, 0.05) is 50.9 Å². The number of hydrogen-bond donors (Lipinski definition) is 2. The molecular formula is C35H45N7O3. The van der Waals surface area contributed by atoms with Crippen LogP contribution in [0.4, 0.5) is 23.1 Å². The van der Waals surface area contributed by atoms with E-state index < -0.39 is 0 Å². The van der Waals surface area contributed by atoms with Gasteiger partial charge < -0.3 is 25.2 Å². The highest BCUT2D eigenvalue weighted by atomic mass is 16.5. The number of likely N-dealkylation sites (tertiary alicyclic amines) is 1. The highest BCUT2D eigenvalue weighted by Crippen LogP contribution is 2.38. The van der Waals surface area contributed by atoms with Gasteiger partial charge >= 0.3 is 0 Å². The molecule has 1 atom stereocenters. The fraction of sp³-hybridized carbons (Fsp3) is 0.486. The van der Waals surface area contributed by atoms with Gasteiger partial charge in [-0.25, -0.2) is 4.98 Å². The van der Waals surface area contributed by atoms with Crippen molar-refractivity contribution in [2.24, 2.45) is 5.92 Å². The zero-order valence-electron chi connectivity index (χ0n) is 26.7. The summed E-state index contributed by atoms with van der Waals surface area (Å²) in [6, 6.07) is 16.4. The van der Waals surface area contributed by atoms with Crippen LogP contribution in [0, 0.1) is 5.92 Å². The third-order valence-corrected chi connectivity index (χ3v) is 9.62. The maximum Gasteiger partial charge on any atom is 0.251 e. The number of rotatable bonds is 9. The minimum atomic E-state index is -0.104. The SMILES string of the molecule is CCC1CN(C2CCCC2)c2nc(Nc3ccc(C(=O)NC4CCN(Cc5ccccc5)CC4)cc3OC)ncc2N(C)C1=O. The number of anilines is 4. The van der Waals surface area contributed by atoms with Gasteiger partial charge in [-0.05, 0) is 55.9 Å². The van der Waals surface area contributed by atoms with Gasteiger partial charge in [-0.3, -0.25) is 14.5 Å². The van der Waals surface area contributed by atoms with Crippen LogP contribution in [0.1, 0.15) is 67.8 Å². The van der Waals surface area contributed by atoms with E-state index in [0.29, 0.717) is 35.5 Å². The highest BCUT2D eigenvalue weighted by molar-refractivity contribution is 5.99. The van der Waals surface area contributed by atoms with Crippen molar-refractivity contribution in [1.82, 2.24) is 20.2 Å². The molecule has 1 saturated carbocycles. The van der Waals surface area contributed by atoms with Crippen LogP contribution in [0.3, 0.4) is 0 Å². The van der Waals surface area contributed by atoms with Gasteiger partial charge in [0.1, 0.15) is 11.4 Å². The van der Waals surface area contributed by atoms with Crippen LogP contribution >= 0.6 is 0 Å². The molecule has 1 unspecified atom stereocenters. The Morgan fingerprint density at radius 1 is 1.04 bits per heavy atom. The summed E-state index contributed by atoms with van der Waals surface area (Å²) in [6.07, 6.45) is 8.95. The largest absolute Gasteiger partial charge is 0.495 e. The lowest BCUT2D eigenvalue weighted by Gasteiger charge is -2.32. The molecular weight excluding hydrogens is 566 g/mol. The molecule has 1 saturated heterocycles. The molecule has 3 heterocycles. The Morgan fingerprint density at radius 2 is 1.80 bits per heavy atom. The molecule has 1 aromatic heterocycles. The monoisotopic (exact) mass is 611 g/mol. The first-order valence-corrected chi connectivity index (χ1v) is 16.4. The summed E-state index contributed by atoms with van der Waals surface area (Å²) < 4.78 is 5.70. The zero-order chi connectivity index (χ0) is 31.3. The van der Waals surface area contributed by atoms with Crippen molar-refractivity contribution in [2.45, 2.75) is 70.5 Å². The maximum absolute atomic E-state index is 13.2. The fourth-order valence-electron chi connectivity index (χ4n) is 6.91. The lowest BCUT2D eigenvalue weighted by Crippen LogP contribution is -2.44. The summed E-state index contributed by atoms with van der Waals surface area (Å²) in [5, 5.41) is 6.54. The van der Waals surface area contributed by atoms with Crippen LogP contribution in [-0.4, -0.2) is 72.6 Å². The van der Waals surface area contributed by atoms with Crippen molar-refractivity contribution in [1.29, 1.82) is 0 Å². The van der Waals surface area contributed by atoms with E-state index in [2.05, 4.69) is 56.6 Å². The molecule has 3 aliphatic rings. The minimum absolute atomic E-state index is 0.0816. The average Bonchev–Trinajstić information content (AvgIpc) is 3.58.